The predicted molar refractivity (Wildman–Crippen MR) is 92.7 cm³/mol. The number of hydrogen-bond acceptors (Lipinski definition) is 4. The summed E-state index contributed by atoms with van der Waals surface area (Å²) >= 11 is 1.43. The number of imidazole rings is 1. The molecule has 5 nitrogen and oxygen atoms in total. The van der Waals surface area contributed by atoms with Crippen LogP contribution in [0.2, 0.25) is 0 Å². The molecular weight excluding hydrogens is 310 g/mol. The lowest BCUT2D eigenvalue weighted by atomic mass is 10.3. The number of nitrogens with zero attached hydrogens (tertiary/aromatic N) is 2. The summed E-state index contributed by atoms with van der Waals surface area (Å²) in [5, 5.41) is 0.760. The fourth-order valence-electron chi connectivity index (χ4n) is 2.64. The second kappa shape index (κ2) is 7.08. The maximum atomic E-state index is 12.3. The Morgan fingerprint density at radius 2 is 2.35 bits per heavy atom. The largest absolute Gasteiger partial charge is 0.494 e. The highest BCUT2D eigenvalue weighted by Gasteiger charge is 2.17. The molecule has 1 aliphatic rings. The monoisotopic (exact) mass is 331 g/mol. The SMILES string of the molecule is CCOc1ccc2nc(SCC(=O)N(C)C3=CCCC3)[nH]c2c1. The number of nitrogens with one attached hydrogen (secondary N) is 1. The van der Waals surface area contributed by atoms with Gasteiger partial charge in [0.25, 0.3) is 0 Å². The first-order valence-corrected chi connectivity index (χ1v) is 8.87. The summed E-state index contributed by atoms with van der Waals surface area (Å²) < 4.78 is 5.49. The van der Waals surface area contributed by atoms with Gasteiger partial charge in [0, 0.05) is 18.8 Å². The third-order valence-electron chi connectivity index (χ3n) is 3.90. The number of allylic oxidation sites excluding steroid dienone is 2. The predicted octanol–water partition coefficient (Wildman–Crippen LogP) is 3.58. The average Bonchev–Trinajstić information content (AvgIpc) is 3.21. The number of rotatable bonds is 6. The molecule has 122 valence electrons. The van der Waals surface area contributed by atoms with Gasteiger partial charge in [-0.25, -0.2) is 4.98 Å². The number of hydrogen-bond donors (Lipinski definition) is 1. The number of ether oxygens (including phenoxy) is 1. The number of benzene rings is 1. The Labute approximate surface area is 140 Å². The first-order chi connectivity index (χ1) is 11.2. The smallest absolute Gasteiger partial charge is 0.236 e. The van der Waals surface area contributed by atoms with Gasteiger partial charge in [0.2, 0.25) is 5.91 Å². The molecule has 0 bridgehead atoms. The van der Waals surface area contributed by atoms with Crippen LogP contribution < -0.4 is 4.74 Å². The van der Waals surface area contributed by atoms with E-state index in [1.807, 2.05) is 32.2 Å². The Hall–Kier alpha value is -1.95. The Morgan fingerprint density at radius 1 is 1.48 bits per heavy atom. The van der Waals surface area contributed by atoms with Crippen LogP contribution in [0.25, 0.3) is 11.0 Å². The Balaban J connectivity index is 1.63. The van der Waals surface area contributed by atoms with Crippen LogP contribution in [-0.2, 0) is 4.79 Å². The van der Waals surface area contributed by atoms with Gasteiger partial charge < -0.3 is 14.6 Å². The van der Waals surface area contributed by atoms with E-state index in [1.165, 1.54) is 11.8 Å². The molecule has 2 aromatic rings. The molecular formula is C17H21N3O2S. The minimum atomic E-state index is 0.110. The summed E-state index contributed by atoms with van der Waals surface area (Å²) in [5.41, 5.74) is 2.95. The molecule has 0 spiro atoms. The molecule has 0 radical (unpaired) electrons. The number of carbonyl (C=O) groups excluding carboxylic acids is 1. The van der Waals surface area contributed by atoms with Gasteiger partial charge in [-0.05, 0) is 38.3 Å². The van der Waals surface area contributed by atoms with Crippen molar-refractivity contribution in [2.45, 2.75) is 31.3 Å². The van der Waals surface area contributed by atoms with Gasteiger partial charge in [0.1, 0.15) is 5.75 Å². The van der Waals surface area contributed by atoms with E-state index in [0.29, 0.717) is 12.4 Å². The van der Waals surface area contributed by atoms with E-state index in [-0.39, 0.29) is 5.91 Å². The van der Waals surface area contributed by atoms with Crippen LogP contribution in [0.3, 0.4) is 0 Å². The van der Waals surface area contributed by atoms with E-state index < -0.39 is 0 Å². The second-order valence-corrected chi connectivity index (χ2v) is 6.45. The fourth-order valence-corrected chi connectivity index (χ4v) is 3.43. The Bertz CT molecular complexity index is 739. The van der Waals surface area contributed by atoms with Gasteiger partial charge in [-0.1, -0.05) is 17.8 Å². The molecule has 1 amide bonds. The number of aromatic amines is 1. The summed E-state index contributed by atoms with van der Waals surface area (Å²) in [6.45, 7) is 2.60. The van der Waals surface area contributed by atoms with Crippen LogP contribution in [0, 0.1) is 0 Å². The fraction of sp³-hybridized carbons (Fsp3) is 0.412. The van der Waals surface area contributed by atoms with Crippen molar-refractivity contribution >= 4 is 28.7 Å². The molecule has 3 rings (SSSR count). The third kappa shape index (κ3) is 3.69. The summed E-state index contributed by atoms with van der Waals surface area (Å²) in [6, 6.07) is 5.78. The zero-order chi connectivity index (χ0) is 16.2. The van der Waals surface area contributed by atoms with E-state index in [9.17, 15) is 4.79 Å². The number of thioether (sulfide) groups is 1. The quantitative estimate of drug-likeness (QED) is 0.822. The number of aromatic nitrogens is 2. The van der Waals surface area contributed by atoms with Gasteiger partial charge in [0.05, 0.1) is 23.4 Å². The van der Waals surface area contributed by atoms with Crippen molar-refractivity contribution in [2.24, 2.45) is 0 Å². The zero-order valence-corrected chi connectivity index (χ0v) is 14.3. The first-order valence-electron chi connectivity index (χ1n) is 7.88. The van der Waals surface area contributed by atoms with E-state index in [2.05, 4.69) is 16.0 Å². The van der Waals surface area contributed by atoms with Crippen molar-refractivity contribution in [2.75, 3.05) is 19.4 Å². The van der Waals surface area contributed by atoms with Crippen LogP contribution in [0.1, 0.15) is 26.2 Å². The number of carbonyl (C=O) groups is 1. The van der Waals surface area contributed by atoms with E-state index in [0.717, 1.165) is 46.9 Å². The molecule has 1 aromatic heterocycles. The number of amides is 1. The lowest BCUT2D eigenvalue weighted by Crippen LogP contribution is -2.27. The van der Waals surface area contributed by atoms with Crippen LogP contribution in [0.5, 0.6) is 5.75 Å². The molecule has 23 heavy (non-hydrogen) atoms. The zero-order valence-electron chi connectivity index (χ0n) is 13.5. The first kappa shape index (κ1) is 15.9. The van der Waals surface area contributed by atoms with Crippen molar-refractivity contribution < 1.29 is 9.53 Å². The van der Waals surface area contributed by atoms with Crippen LogP contribution in [0.15, 0.2) is 35.1 Å². The van der Waals surface area contributed by atoms with Crippen molar-refractivity contribution in [3.8, 4) is 5.75 Å². The highest BCUT2D eigenvalue weighted by molar-refractivity contribution is 7.99. The highest BCUT2D eigenvalue weighted by atomic mass is 32.2. The second-order valence-electron chi connectivity index (χ2n) is 5.48. The minimum absolute atomic E-state index is 0.110. The number of H-pyrrole nitrogens is 1. The maximum absolute atomic E-state index is 12.3. The highest BCUT2D eigenvalue weighted by Crippen LogP contribution is 2.25. The molecule has 6 heteroatoms. The maximum Gasteiger partial charge on any atom is 0.236 e. The van der Waals surface area contributed by atoms with Crippen LogP contribution >= 0.6 is 11.8 Å². The van der Waals surface area contributed by atoms with Gasteiger partial charge >= 0.3 is 0 Å². The van der Waals surface area contributed by atoms with Gasteiger partial charge in [-0.15, -0.1) is 0 Å². The normalized spacial score (nSPS) is 14.1. The molecule has 0 saturated heterocycles. The lowest BCUT2D eigenvalue weighted by Gasteiger charge is -2.17. The molecule has 0 fully saturated rings. The molecule has 1 N–H and O–H groups in total. The summed E-state index contributed by atoms with van der Waals surface area (Å²) in [5.74, 6) is 1.31. The topological polar surface area (TPSA) is 58.2 Å². The molecule has 0 unspecified atom stereocenters. The summed E-state index contributed by atoms with van der Waals surface area (Å²) in [6.07, 6.45) is 5.37. The van der Waals surface area contributed by atoms with E-state index >= 15 is 0 Å². The summed E-state index contributed by atoms with van der Waals surface area (Å²) in [4.78, 5) is 21.8. The molecule has 1 heterocycles. The molecule has 1 aliphatic carbocycles. The summed E-state index contributed by atoms with van der Waals surface area (Å²) in [7, 11) is 1.85. The molecule has 0 aliphatic heterocycles. The third-order valence-corrected chi connectivity index (χ3v) is 4.75. The number of fused-ring (bicyclic) bond motifs is 1. The van der Waals surface area contributed by atoms with E-state index in [1.54, 1.807) is 4.90 Å². The molecule has 1 aromatic carbocycles. The Morgan fingerprint density at radius 3 is 3.09 bits per heavy atom. The minimum Gasteiger partial charge on any atom is -0.494 e. The van der Waals surface area contributed by atoms with Crippen LogP contribution in [0.4, 0.5) is 0 Å². The lowest BCUT2D eigenvalue weighted by molar-refractivity contribution is -0.125. The molecule has 0 saturated carbocycles. The Kier molecular flexibility index (Phi) is 4.91. The van der Waals surface area contributed by atoms with Crippen molar-refractivity contribution in [3.63, 3.8) is 0 Å². The van der Waals surface area contributed by atoms with Crippen molar-refractivity contribution in [1.82, 2.24) is 14.9 Å². The van der Waals surface area contributed by atoms with E-state index in [4.69, 9.17) is 4.74 Å². The van der Waals surface area contributed by atoms with Gasteiger partial charge in [-0.3, -0.25) is 4.79 Å². The van der Waals surface area contributed by atoms with Crippen molar-refractivity contribution in [3.05, 3.63) is 30.0 Å². The molecule has 0 atom stereocenters. The van der Waals surface area contributed by atoms with Crippen molar-refractivity contribution in [1.29, 1.82) is 0 Å². The van der Waals surface area contributed by atoms with Crippen LogP contribution in [-0.4, -0.2) is 40.2 Å². The standard InChI is InChI=1S/C17H21N3O2S/c1-3-22-13-8-9-14-15(10-13)19-17(18-14)23-11-16(21)20(2)12-6-4-5-7-12/h6,8-10H,3-5,7,11H2,1-2H3,(H,18,19). The van der Waals surface area contributed by atoms with Gasteiger partial charge in [-0.2, -0.15) is 0 Å². The van der Waals surface area contributed by atoms with Gasteiger partial charge in [0.15, 0.2) is 5.16 Å². The average molecular weight is 331 g/mol.